The van der Waals surface area contributed by atoms with Gasteiger partial charge in [-0.1, -0.05) is 35.3 Å². The Bertz CT molecular complexity index is 1120. The summed E-state index contributed by atoms with van der Waals surface area (Å²) in [5.74, 6) is -3.20. The monoisotopic (exact) mass is 501 g/mol. The van der Waals surface area contributed by atoms with Crippen molar-refractivity contribution in [1.29, 1.82) is 0 Å². The average molecular weight is 502 g/mol. The lowest BCUT2D eigenvalue weighted by Crippen LogP contribution is -2.51. The highest BCUT2D eigenvalue weighted by molar-refractivity contribution is 6.31. The number of alkyl halides is 3. The van der Waals surface area contributed by atoms with Crippen LogP contribution in [0.1, 0.15) is 12.5 Å². The second kappa shape index (κ2) is 9.03. The fraction of sp³-hybridized carbons (Fsp3) is 0.238. The Morgan fingerprint density at radius 3 is 2.03 bits per heavy atom. The van der Waals surface area contributed by atoms with E-state index in [1.54, 1.807) is 0 Å². The average Bonchev–Trinajstić information content (AvgIpc) is 3.13. The van der Waals surface area contributed by atoms with Gasteiger partial charge in [-0.3, -0.25) is 9.59 Å². The zero-order valence-corrected chi connectivity index (χ0v) is 18.7. The number of hydrogen-bond acceptors (Lipinski definition) is 5. The summed E-state index contributed by atoms with van der Waals surface area (Å²) in [6, 6.07) is 9.34. The summed E-state index contributed by atoms with van der Waals surface area (Å²) in [5.41, 5.74) is -1.44. The Morgan fingerprint density at radius 2 is 1.55 bits per heavy atom. The topological polar surface area (TPSA) is 79.3 Å². The number of halogens is 5. The molecule has 2 aromatic carbocycles. The van der Waals surface area contributed by atoms with Crippen LogP contribution in [0.3, 0.4) is 0 Å². The van der Waals surface area contributed by atoms with Gasteiger partial charge in [-0.15, -0.1) is 0 Å². The first-order valence-corrected chi connectivity index (χ1v) is 10.1. The maximum absolute atomic E-state index is 13.3. The van der Waals surface area contributed by atoms with Crippen molar-refractivity contribution in [3.8, 4) is 0 Å². The molecule has 0 saturated carbocycles. The smallest absolute Gasteiger partial charge is 0.468 e. The largest absolute Gasteiger partial charge is 0.472 e. The van der Waals surface area contributed by atoms with Crippen molar-refractivity contribution < 1.29 is 32.3 Å². The van der Waals surface area contributed by atoms with E-state index in [9.17, 15) is 27.6 Å². The van der Waals surface area contributed by atoms with E-state index in [1.807, 2.05) is 0 Å². The number of carbonyl (C=O) groups is 3. The quantitative estimate of drug-likeness (QED) is 0.559. The number of urea groups is 1. The van der Waals surface area contributed by atoms with Crippen LogP contribution >= 0.6 is 23.2 Å². The van der Waals surface area contributed by atoms with Gasteiger partial charge < -0.3 is 4.74 Å². The molecule has 0 fully saturated rings. The van der Waals surface area contributed by atoms with Crippen LogP contribution in [0.4, 0.5) is 23.7 Å². The van der Waals surface area contributed by atoms with E-state index in [0.29, 0.717) is 15.6 Å². The lowest BCUT2D eigenvalue weighted by molar-refractivity contribution is -0.169. The van der Waals surface area contributed by atoms with Crippen molar-refractivity contribution in [1.82, 2.24) is 5.01 Å². The van der Waals surface area contributed by atoms with E-state index in [2.05, 4.69) is 5.10 Å². The third-order valence-corrected chi connectivity index (χ3v) is 5.41. The van der Waals surface area contributed by atoms with Crippen LogP contribution < -0.4 is 4.90 Å². The van der Waals surface area contributed by atoms with Crippen molar-refractivity contribution in [2.75, 3.05) is 18.6 Å². The zero-order valence-electron chi connectivity index (χ0n) is 17.2. The molecule has 1 heterocycles. The number of amides is 3. The fourth-order valence-corrected chi connectivity index (χ4v) is 3.52. The van der Waals surface area contributed by atoms with Crippen molar-refractivity contribution in [2.24, 2.45) is 10.5 Å². The highest BCUT2D eigenvalue weighted by atomic mass is 35.5. The molecular formula is C21H16Cl2F3N3O4. The molecule has 3 rings (SSSR count). The first-order chi connectivity index (χ1) is 15.4. The second-order valence-electron chi connectivity index (χ2n) is 7.23. The number of methoxy groups -OCH3 is 1. The molecule has 0 spiro atoms. The molecule has 0 bridgehead atoms. The van der Waals surface area contributed by atoms with Crippen LogP contribution in [-0.4, -0.2) is 48.5 Å². The van der Waals surface area contributed by atoms with Gasteiger partial charge in [0.05, 0.1) is 25.1 Å². The molecule has 0 radical (unpaired) electrons. The van der Waals surface area contributed by atoms with E-state index in [-0.39, 0.29) is 21.3 Å². The molecule has 0 aromatic heterocycles. The Morgan fingerprint density at radius 1 is 1.03 bits per heavy atom. The molecule has 2 aromatic rings. The lowest BCUT2D eigenvalue weighted by atomic mass is 9.82. The highest BCUT2D eigenvalue weighted by Crippen LogP contribution is 2.35. The number of hydrogen-bond donors (Lipinski definition) is 0. The van der Waals surface area contributed by atoms with Gasteiger partial charge in [0, 0.05) is 10.0 Å². The number of hydrazone groups is 1. The number of nitrogens with zero attached hydrogens (tertiary/aromatic N) is 3. The minimum absolute atomic E-state index is 0.0647. The van der Waals surface area contributed by atoms with Gasteiger partial charge >= 0.3 is 24.1 Å². The summed E-state index contributed by atoms with van der Waals surface area (Å²) in [7, 11) is 1.13. The molecule has 12 heteroatoms. The van der Waals surface area contributed by atoms with Gasteiger partial charge in [-0.2, -0.15) is 18.3 Å². The molecule has 1 unspecified atom stereocenters. The minimum atomic E-state index is -5.36. The maximum atomic E-state index is 13.3. The molecule has 0 aliphatic carbocycles. The normalized spacial score (nSPS) is 18.0. The fourth-order valence-electron chi connectivity index (χ4n) is 3.27. The van der Waals surface area contributed by atoms with E-state index >= 15 is 0 Å². The molecule has 7 nitrogen and oxygen atoms in total. The van der Waals surface area contributed by atoms with Gasteiger partial charge in [0.2, 0.25) is 0 Å². The van der Waals surface area contributed by atoms with Crippen LogP contribution in [-0.2, 0) is 14.3 Å². The van der Waals surface area contributed by atoms with Crippen LogP contribution in [0.25, 0.3) is 0 Å². The Balaban J connectivity index is 2.08. The number of benzene rings is 2. The van der Waals surface area contributed by atoms with Crippen molar-refractivity contribution in [2.45, 2.75) is 13.1 Å². The van der Waals surface area contributed by atoms with E-state index < -0.39 is 36.0 Å². The molecule has 0 saturated heterocycles. The van der Waals surface area contributed by atoms with Gasteiger partial charge in [0.15, 0.2) is 0 Å². The number of anilines is 1. The number of imide groups is 1. The van der Waals surface area contributed by atoms with Gasteiger partial charge in [-0.25, -0.2) is 14.7 Å². The number of ether oxygens (including phenoxy) is 1. The molecule has 174 valence electrons. The van der Waals surface area contributed by atoms with Crippen LogP contribution in [0.5, 0.6) is 0 Å². The van der Waals surface area contributed by atoms with Gasteiger partial charge in [0.25, 0.3) is 0 Å². The summed E-state index contributed by atoms with van der Waals surface area (Å²) in [6.45, 7) is 0.962. The second-order valence-corrected chi connectivity index (χ2v) is 8.11. The van der Waals surface area contributed by atoms with Crippen LogP contribution in [0.2, 0.25) is 10.0 Å². The molecule has 1 aliphatic rings. The molecule has 1 aliphatic heterocycles. The lowest BCUT2D eigenvalue weighted by Gasteiger charge is -2.27. The maximum Gasteiger partial charge on any atom is 0.472 e. The number of carbonyl (C=O) groups excluding carboxylic acids is 3. The SMILES string of the molecule is COC(=O)C1(C)CN(C(=O)N(C(=O)C(F)(F)F)c2ccc(Cl)cc2)N=C1c1ccc(Cl)cc1. The molecule has 3 amide bonds. The minimum Gasteiger partial charge on any atom is -0.468 e. The Kier molecular flexibility index (Phi) is 6.71. The molecular weight excluding hydrogens is 486 g/mol. The summed E-state index contributed by atoms with van der Waals surface area (Å²) in [6.07, 6.45) is -5.36. The molecule has 33 heavy (non-hydrogen) atoms. The zero-order chi connectivity index (χ0) is 24.6. The predicted octanol–water partition coefficient (Wildman–Crippen LogP) is 4.91. The van der Waals surface area contributed by atoms with Crippen LogP contribution in [0.15, 0.2) is 53.6 Å². The first kappa shape index (κ1) is 24.5. The molecule has 0 N–H and O–H groups in total. The van der Waals surface area contributed by atoms with E-state index in [0.717, 1.165) is 19.2 Å². The molecule has 1 atom stereocenters. The van der Waals surface area contributed by atoms with Crippen molar-refractivity contribution in [3.63, 3.8) is 0 Å². The highest BCUT2D eigenvalue weighted by Gasteiger charge is 2.52. The Hall–Kier alpha value is -3.11. The summed E-state index contributed by atoms with van der Waals surface area (Å²) in [4.78, 5) is 37.8. The van der Waals surface area contributed by atoms with Gasteiger partial charge in [0.1, 0.15) is 5.41 Å². The summed E-state index contributed by atoms with van der Waals surface area (Å²) < 4.78 is 44.8. The van der Waals surface area contributed by atoms with Crippen molar-refractivity contribution in [3.05, 3.63) is 64.1 Å². The number of esters is 1. The van der Waals surface area contributed by atoms with Crippen molar-refractivity contribution >= 4 is 52.5 Å². The predicted molar refractivity (Wildman–Crippen MR) is 115 cm³/mol. The van der Waals surface area contributed by atoms with Gasteiger partial charge in [-0.05, 0) is 48.9 Å². The third-order valence-electron chi connectivity index (χ3n) is 4.91. The van der Waals surface area contributed by atoms with Crippen LogP contribution in [0, 0.1) is 5.41 Å². The van der Waals surface area contributed by atoms with E-state index in [1.165, 1.54) is 43.3 Å². The Labute approximate surface area is 196 Å². The standard InChI is InChI=1S/C21H16Cl2F3N3O4/c1-20(18(31)33-2)11-28(27-16(20)12-3-5-13(22)6-4-12)19(32)29(17(30)21(24,25)26)15-9-7-14(23)8-10-15/h3-10H,11H2,1-2H3. The third kappa shape index (κ3) is 4.81. The number of rotatable bonds is 3. The summed E-state index contributed by atoms with van der Waals surface area (Å²) in [5, 5.41) is 5.32. The van der Waals surface area contributed by atoms with E-state index in [4.69, 9.17) is 27.9 Å². The first-order valence-electron chi connectivity index (χ1n) is 9.30. The summed E-state index contributed by atoms with van der Waals surface area (Å²) >= 11 is 11.7.